The lowest BCUT2D eigenvalue weighted by atomic mass is 10.0. The van der Waals surface area contributed by atoms with Crippen molar-refractivity contribution in [2.75, 3.05) is 6.54 Å². The van der Waals surface area contributed by atoms with Gasteiger partial charge in [0.25, 0.3) is 0 Å². The highest BCUT2D eigenvalue weighted by molar-refractivity contribution is 5.28. The van der Waals surface area contributed by atoms with Gasteiger partial charge in [0.15, 0.2) is 0 Å². The van der Waals surface area contributed by atoms with Crippen molar-refractivity contribution in [2.24, 2.45) is 13.0 Å². The number of hydrogen-bond donors (Lipinski definition) is 1. The molecule has 1 aliphatic carbocycles. The summed E-state index contributed by atoms with van der Waals surface area (Å²) in [5.41, 5.74) is 2.78. The summed E-state index contributed by atoms with van der Waals surface area (Å²) in [5, 5.41) is 3.71. The molecule has 20 heavy (non-hydrogen) atoms. The zero-order valence-corrected chi connectivity index (χ0v) is 12.3. The standard InChI is InChI=1S/C17H23N3/c1-3-9-19-17(16-11-18-12-20(16)2)15-10-14(15)13-7-5-4-6-8-13/h4-8,11-12,14-15,17,19H,3,9-10H2,1-2H3. The summed E-state index contributed by atoms with van der Waals surface area (Å²) in [6.45, 7) is 3.28. The molecule has 0 radical (unpaired) electrons. The van der Waals surface area contributed by atoms with Crippen molar-refractivity contribution < 1.29 is 0 Å². The molecular formula is C17H23N3. The highest BCUT2D eigenvalue weighted by atomic mass is 15.1. The molecule has 1 saturated carbocycles. The van der Waals surface area contributed by atoms with Crippen molar-refractivity contribution in [3.8, 4) is 0 Å². The van der Waals surface area contributed by atoms with Crippen LogP contribution in [0.15, 0.2) is 42.9 Å². The van der Waals surface area contributed by atoms with Crippen molar-refractivity contribution in [3.05, 3.63) is 54.1 Å². The fourth-order valence-corrected chi connectivity index (χ4v) is 3.11. The van der Waals surface area contributed by atoms with Crippen LogP contribution in [0.2, 0.25) is 0 Å². The maximum Gasteiger partial charge on any atom is 0.0946 e. The van der Waals surface area contributed by atoms with Gasteiger partial charge in [0, 0.05) is 13.2 Å². The van der Waals surface area contributed by atoms with Crippen molar-refractivity contribution in [1.29, 1.82) is 0 Å². The van der Waals surface area contributed by atoms with E-state index in [0.717, 1.165) is 13.0 Å². The Bertz CT molecular complexity index is 546. The Morgan fingerprint density at radius 2 is 2.15 bits per heavy atom. The third kappa shape index (κ3) is 2.63. The highest BCUT2D eigenvalue weighted by Crippen LogP contribution is 2.53. The normalized spacial score (nSPS) is 22.7. The van der Waals surface area contributed by atoms with Gasteiger partial charge in [-0.05, 0) is 36.8 Å². The Balaban J connectivity index is 1.77. The first kappa shape index (κ1) is 13.4. The van der Waals surface area contributed by atoms with Crippen LogP contribution >= 0.6 is 0 Å². The fraction of sp³-hybridized carbons (Fsp3) is 0.471. The van der Waals surface area contributed by atoms with Gasteiger partial charge in [-0.1, -0.05) is 37.3 Å². The maximum atomic E-state index is 4.28. The van der Waals surface area contributed by atoms with Gasteiger partial charge in [0.2, 0.25) is 0 Å². The number of rotatable bonds is 6. The smallest absolute Gasteiger partial charge is 0.0946 e. The molecule has 1 aliphatic rings. The van der Waals surface area contributed by atoms with Gasteiger partial charge >= 0.3 is 0 Å². The average Bonchev–Trinajstić information content (AvgIpc) is 3.16. The lowest BCUT2D eigenvalue weighted by molar-refractivity contribution is 0.452. The molecule has 3 heteroatoms. The van der Waals surface area contributed by atoms with E-state index in [-0.39, 0.29) is 0 Å². The second-order valence-corrected chi connectivity index (χ2v) is 5.78. The number of hydrogen-bond acceptors (Lipinski definition) is 2. The fourth-order valence-electron chi connectivity index (χ4n) is 3.11. The molecule has 3 atom stereocenters. The summed E-state index contributed by atoms with van der Waals surface area (Å²) >= 11 is 0. The molecule has 3 unspecified atom stereocenters. The summed E-state index contributed by atoms with van der Waals surface area (Å²) in [5.74, 6) is 1.39. The van der Waals surface area contributed by atoms with Gasteiger partial charge in [-0.2, -0.15) is 0 Å². The molecule has 0 spiro atoms. The highest BCUT2D eigenvalue weighted by Gasteiger charge is 2.44. The van der Waals surface area contributed by atoms with Crippen LogP contribution in [-0.4, -0.2) is 16.1 Å². The van der Waals surface area contributed by atoms with Crippen LogP contribution in [-0.2, 0) is 7.05 Å². The minimum absolute atomic E-state index is 0.424. The molecule has 0 saturated heterocycles. The van der Waals surface area contributed by atoms with E-state index < -0.39 is 0 Å². The van der Waals surface area contributed by atoms with Gasteiger partial charge in [0.05, 0.1) is 18.1 Å². The number of nitrogens with one attached hydrogen (secondary N) is 1. The number of benzene rings is 1. The minimum atomic E-state index is 0.424. The van der Waals surface area contributed by atoms with E-state index in [2.05, 4.69) is 59.2 Å². The molecule has 106 valence electrons. The summed E-state index contributed by atoms with van der Waals surface area (Å²) in [6.07, 6.45) is 6.34. The van der Waals surface area contributed by atoms with Crippen molar-refractivity contribution >= 4 is 0 Å². The Hall–Kier alpha value is -1.61. The van der Waals surface area contributed by atoms with Gasteiger partial charge in [-0.3, -0.25) is 0 Å². The molecule has 0 bridgehead atoms. The SMILES string of the molecule is CCCNC(c1cncn1C)C1CC1c1ccccc1. The quantitative estimate of drug-likeness (QED) is 0.872. The topological polar surface area (TPSA) is 29.9 Å². The van der Waals surface area contributed by atoms with Crippen molar-refractivity contribution in [1.82, 2.24) is 14.9 Å². The van der Waals surface area contributed by atoms with E-state index in [4.69, 9.17) is 0 Å². The number of nitrogens with zero attached hydrogens (tertiary/aromatic N) is 2. The predicted molar refractivity (Wildman–Crippen MR) is 81.5 cm³/mol. The molecule has 2 aromatic rings. The Kier molecular flexibility index (Phi) is 3.88. The summed E-state index contributed by atoms with van der Waals surface area (Å²) in [7, 11) is 2.09. The van der Waals surface area contributed by atoms with Crippen LogP contribution < -0.4 is 5.32 Å². The minimum Gasteiger partial charge on any atom is -0.336 e. The van der Waals surface area contributed by atoms with Gasteiger partial charge < -0.3 is 9.88 Å². The number of imidazole rings is 1. The molecule has 1 fully saturated rings. The van der Waals surface area contributed by atoms with Crippen LogP contribution in [0, 0.1) is 5.92 Å². The van der Waals surface area contributed by atoms with Gasteiger partial charge in [0.1, 0.15) is 0 Å². The van der Waals surface area contributed by atoms with Crippen molar-refractivity contribution in [3.63, 3.8) is 0 Å². The van der Waals surface area contributed by atoms with Crippen LogP contribution in [0.4, 0.5) is 0 Å². The molecule has 3 nitrogen and oxygen atoms in total. The molecule has 1 aromatic heterocycles. The van der Waals surface area contributed by atoms with Gasteiger partial charge in [-0.25, -0.2) is 4.98 Å². The summed E-state index contributed by atoms with van der Waals surface area (Å²) in [6, 6.07) is 11.3. The Morgan fingerprint density at radius 1 is 1.35 bits per heavy atom. The molecule has 1 heterocycles. The molecule has 3 rings (SSSR count). The Labute approximate surface area is 121 Å². The maximum absolute atomic E-state index is 4.28. The zero-order valence-electron chi connectivity index (χ0n) is 12.3. The van der Waals surface area contributed by atoms with Gasteiger partial charge in [-0.15, -0.1) is 0 Å². The van der Waals surface area contributed by atoms with E-state index in [9.17, 15) is 0 Å². The monoisotopic (exact) mass is 269 g/mol. The van der Waals surface area contributed by atoms with E-state index in [1.54, 1.807) is 0 Å². The number of aryl methyl sites for hydroxylation is 1. The third-order valence-corrected chi connectivity index (χ3v) is 4.28. The summed E-state index contributed by atoms with van der Waals surface area (Å²) < 4.78 is 2.15. The molecule has 1 N–H and O–H groups in total. The van der Waals surface area contributed by atoms with E-state index in [1.807, 2.05) is 12.5 Å². The van der Waals surface area contributed by atoms with Crippen LogP contribution in [0.3, 0.4) is 0 Å². The average molecular weight is 269 g/mol. The second kappa shape index (κ2) is 5.80. The molecule has 1 aromatic carbocycles. The van der Waals surface area contributed by atoms with Crippen molar-refractivity contribution in [2.45, 2.75) is 31.7 Å². The molecular weight excluding hydrogens is 246 g/mol. The first-order valence-electron chi connectivity index (χ1n) is 7.55. The molecule has 0 aliphatic heterocycles. The summed E-state index contributed by atoms with van der Waals surface area (Å²) in [4.78, 5) is 4.28. The lowest BCUT2D eigenvalue weighted by Crippen LogP contribution is -2.26. The zero-order chi connectivity index (χ0) is 13.9. The van der Waals surface area contributed by atoms with Crippen LogP contribution in [0.5, 0.6) is 0 Å². The first-order chi connectivity index (χ1) is 9.81. The molecule has 0 amide bonds. The second-order valence-electron chi connectivity index (χ2n) is 5.78. The number of aromatic nitrogens is 2. The first-order valence-corrected chi connectivity index (χ1v) is 7.55. The van der Waals surface area contributed by atoms with E-state index >= 15 is 0 Å². The van der Waals surface area contributed by atoms with E-state index in [1.165, 1.54) is 17.7 Å². The third-order valence-electron chi connectivity index (χ3n) is 4.28. The lowest BCUT2D eigenvalue weighted by Gasteiger charge is -2.19. The van der Waals surface area contributed by atoms with E-state index in [0.29, 0.717) is 17.9 Å². The Morgan fingerprint density at radius 3 is 2.80 bits per heavy atom. The van der Waals surface area contributed by atoms with Crippen LogP contribution in [0.25, 0.3) is 0 Å². The largest absolute Gasteiger partial charge is 0.336 e. The van der Waals surface area contributed by atoms with Crippen LogP contribution in [0.1, 0.15) is 43.0 Å². The predicted octanol–water partition coefficient (Wildman–Crippen LogP) is 3.26.